The van der Waals surface area contributed by atoms with Crippen LogP contribution in [-0.4, -0.2) is 85.1 Å². The van der Waals surface area contributed by atoms with Gasteiger partial charge < -0.3 is 24.2 Å². The Balaban J connectivity index is 1.26. The van der Waals surface area contributed by atoms with Crippen LogP contribution >= 0.6 is 0 Å². The average molecular weight is 494 g/mol. The van der Waals surface area contributed by atoms with Crippen molar-refractivity contribution in [1.82, 2.24) is 14.7 Å². The Labute approximate surface area is 212 Å². The van der Waals surface area contributed by atoms with Crippen molar-refractivity contribution < 1.29 is 23.9 Å². The summed E-state index contributed by atoms with van der Waals surface area (Å²) in [6, 6.07) is 19.2. The molecule has 2 amide bonds. The first-order chi connectivity index (χ1) is 17.5. The lowest BCUT2D eigenvalue weighted by Gasteiger charge is -2.39. The van der Waals surface area contributed by atoms with Gasteiger partial charge in [0, 0.05) is 26.1 Å². The van der Waals surface area contributed by atoms with Crippen LogP contribution in [0.15, 0.2) is 60.7 Å². The summed E-state index contributed by atoms with van der Waals surface area (Å²) in [5.41, 5.74) is 2.27. The molecule has 2 aliphatic rings. The largest absolute Gasteiger partial charge is 0.467 e. The highest BCUT2D eigenvalue weighted by Gasteiger charge is 2.38. The van der Waals surface area contributed by atoms with E-state index in [1.807, 2.05) is 36.4 Å². The zero-order valence-corrected chi connectivity index (χ0v) is 20.9. The number of amides is 2. The molecule has 36 heavy (non-hydrogen) atoms. The van der Waals surface area contributed by atoms with Crippen molar-refractivity contribution in [3.8, 4) is 0 Å². The van der Waals surface area contributed by atoms with E-state index in [0.717, 1.165) is 31.5 Å². The topological polar surface area (TPSA) is 79.4 Å². The van der Waals surface area contributed by atoms with E-state index in [1.165, 1.54) is 17.6 Å². The summed E-state index contributed by atoms with van der Waals surface area (Å²) in [5.74, 6) is -0.0444. The normalized spacial score (nSPS) is 19.1. The van der Waals surface area contributed by atoms with Gasteiger partial charge in [0.25, 0.3) is 0 Å². The van der Waals surface area contributed by atoms with Crippen LogP contribution in [0.25, 0.3) is 0 Å². The molecule has 0 spiro atoms. The van der Waals surface area contributed by atoms with Crippen LogP contribution in [0.3, 0.4) is 0 Å². The fourth-order valence-electron chi connectivity index (χ4n) is 5.01. The molecule has 8 nitrogen and oxygen atoms in total. The summed E-state index contributed by atoms with van der Waals surface area (Å²) in [6.07, 6.45) is 1.99. The molecular formula is C28H35N3O5. The monoisotopic (exact) mass is 493 g/mol. The SMILES string of the molecule is COC(=O)C1CN(C(=O)OCc2ccccc2)CCN1C(=O)CCN1CCC(c2ccccc2)CC1. The molecule has 4 rings (SSSR count). The summed E-state index contributed by atoms with van der Waals surface area (Å²) in [7, 11) is 1.30. The van der Waals surface area contributed by atoms with Crippen molar-refractivity contribution in [3.63, 3.8) is 0 Å². The zero-order chi connectivity index (χ0) is 25.3. The number of piperazine rings is 1. The number of hydrogen-bond acceptors (Lipinski definition) is 6. The molecule has 2 aromatic carbocycles. The molecule has 1 atom stereocenters. The van der Waals surface area contributed by atoms with E-state index in [-0.39, 0.29) is 25.6 Å². The summed E-state index contributed by atoms with van der Waals surface area (Å²) in [6.45, 7) is 3.37. The van der Waals surface area contributed by atoms with Crippen LogP contribution in [0.4, 0.5) is 4.79 Å². The van der Waals surface area contributed by atoms with Crippen molar-refractivity contribution in [2.45, 2.75) is 37.8 Å². The lowest BCUT2D eigenvalue weighted by molar-refractivity contribution is -0.156. The third-order valence-electron chi connectivity index (χ3n) is 7.14. The number of benzene rings is 2. The number of methoxy groups -OCH3 is 1. The van der Waals surface area contributed by atoms with E-state index in [2.05, 4.69) is 29.2 Å². The van der Waals surface area contributed by atoms with Gasteiger partial charge in [0.1, 0.15) is 12.6 Å². The van der Waals surface area contributed by atoms with Crippen molar-refractivity contribution in [2.75, 3.05) is 46.4 Å². The Hall–Kier alpha value is -3.39. The van der Waals surface area contributed by atoms with Gasteiger partial charge in [-0.2, -0.15) is 0 Å². The maximum absolute atomic E-state index is 13.1. The first-order valence-corrected chi connectivity index (χ1v) is 12.7. The van der Waals surface area contributed by atoms with Crippen molar-refractivity contribution in [3.05, 3.63) is 71.8 Å². The van der Waals surface area contributed by atoms with Gasteiger partial charge >= 0.3 is 12.1 Å². The molecule has 192 valence electrons. The second-order valence-electron chi connectivity index (χ2n) is 9.39. The summed E-state index contributed by atoms with van der Waals surface area (Å²) in [4.78, 5) is 43.6. The van der Waals surface area contributed by atoms with Gasteiger partial charge in [-0.1, -0.05) is 60.7 Å². The third-order valence-corrected chi connectivity index (χ3v) is 7.14. The Bertz CT molecular complexity index is 1010. The number of rotatable bonds is 7. The molecule has 2 saturated heterocycles. The van der Waals surface area contributed by atoms with Gasteiger partial charge in [0.15, 0.2) is 0 Å². The second kappa shape index (κ2) is 12.5. The average Bonchev–Trinajstić information content (AvgIpc) is 2.95. The van der Waals surface area contributed by atoms with Gasteiger partial charge in [-0.3, -0.25) is 4.79 Å². The van der Waals surface area contributed by atoms with E-state index in [9.17, 15) is 14.4 Å². The maximum Gasteiger partial charge on any atom is 0.410 e. The number of ether oxygens (including phenoxy) is 2. The van der Waals surface area contributed by atoms with Gasteiger partial charge in [0.2, 0.25) is 5.91 Å². The van der Waals surface area contributed by atoms with Crippen LogP contribution in [-0.2, 0) is 25.7 Å². The number of hydrogen-bond donors (Lipinski definition) is 0. The summed E-state index contributed by atoms with van der Waals surface area (Å²) in [5, 5.41) is 0. The fourth-order valence-corrected chi connectivity index (χ4v) is 5.01. The van der Waals surface area contributed by atoms with Gasteiger partial charge in [-0.05, 0) is 43.0 Å². The fraction of sp³-hybridized carbons (Fsp3) is 0.464. The number of nitrogens with zero attached hydrogens (tertiary/aromatic N) is 3. The molecule has 0 saturated carbocycles. The molecule has 0 aliphatic carbocycles. The van der Waals surface area contributed by atoms with Crippen LogP contribution in [0, 0.1) is 0 Å². The number of esters is 1. The van der Waals surface area contributed by atoms with Crippen molar-refractivity contribution >= 4 is 18.0 Å². The molecule has 0 radical (unpaired) electrons. The highest BCUT2D eigenvalue weighted by Crippen LogP contribution is 2.27. The second-order valence-corrected chi connectivity index (χ2v) is 9.39. The number of likely N-dealkylation sites (tertiary alicyclic amines) is 1. The predicted octanol–water partition coefficient (Wildman–Crippen LogP) is 3.28. The molecule has 8 heteroatoms. The minimum absolute atomic E-state index is 0.0640. The Morgan fingerprint density at radius 2 is 1.56 bits per heavy atom. The molecule has 0 aromatic heterocycles. The third kappa shape index (κ3) is 6.63. The maximum atomic E-state index is 13.1. The number of piperidine rings is 1. The molecule has 2 fully saturated rings. The lowest BCUT2D eigenvalue weighted by Crippen LogP contribution is -2.60. The van der Waals surface area contributed by atoms with Gasteiger partial charge in [-0.15, -0.1) is 0 Å². The van der Waals surface area contributed by atoms with Crippen LogP contribution in [0.5, 0.6) is 0 Å². The first kappa shape index (κ1) is 25.7. The summed E-state index contributed by atoms with van der Waals surface area (Å²) < 4.78 is 10.4. The molecule has 0 N–H and O–H groups in total. The molecule has 2 aliphatic heterocycles. The quantitative estimate of drug-likeness (QED) is 0.551. The van der Waals surface area contributed by atoms with Crippen LogP contribution < -0.4 is 0 Å². The molecule has 2 heterocycles. The standard InChI is InChI=1S/C28H35N3O5/c1-35-27(33)25-20-30(28(34)36-21-22-8-4-2-5-9-22)18-19-31(25)26(32)14-17-29-15-12-24(13-16-29)23-10-6-3-7-11-23/h2-11,24-25H,12-21H2,1H3. The zero-order valence-electron chi connectivity index (χ0n) is 20.9. The Morgan fingerprint density at radius 3 is 2.22 bits per heavy atom. The molecule has 1 unspecified atom stereocenters. The molecule has 2 aromatic rings. The molecule has 0 bridgehead atoms. The number of carbonyl (C=O) groups is 3. The Kier molecular flexibility index (Phi) is 8.95. The smallest absolute Gasteiger partial charge is 0.410 e. The molecular weight excluding hydrogens is 458 g/mol. The van der Waals surface area contributed by atoms with E-state index in [0.29, 0.717) is 25.4 Å². The van der Waals surface area contributed by atoms with Crippen molar-refractivity contribution in [2.24, 2.45) is 0 Å². The summed E-state index contributed by atoms with van der Waals surface area (Å²) >= 11 is 0. The van der Waals surface area contributed by atoms with E-state index in [4.69, 9.17) is 9.47 Å². The van der Waals surface area contributed by atoms with Crippen LogP contribution in [0.1, 0.15) is 36.3 Å². The Morgan fingerprint density at radius 1 is 0.889 bits per heavy atom. The number of carbonyl (C=O) groups excluding carboxylic acids is 3. The highest BCUT2D eigenvalue weighted by atomic mass is 16.6. The first-order valence-electron chi connectivity index (χ1n) is 12.7. The van der Waals surface area contributed by atoms with E-state index in [1.54, 1.807) is 4.90 Å². The van der Waals surface area contributed by atoms with Gasteiger partial charge in [0.05, 0.1) is 13.7 Å². The van der Waals surface area contributed by atoms with Crippen molar-refractivity contribution in [1.29, 1.82) is 0 Å². The van der Waals surface area contributed by atoms with Crippen LogP contribution in [0.2, 0.25) is 0 Å². The van der Waals surface area contributed by atoms with E-state index < -0.39 is 18.1 Å². The minimum Gasteiger partial charge on any atom is -0.467 e. The van der Waals surface area contributed by atoms with Gasteiger partial charge in [-0.25, -0.2) is 9.59 Å². The minimum atomic E-state index is -0.829. The lowest BCUT2D eigenvalue weighted by atomic mass is 9.89. The highest BCUT2D eigenvalue weighted by molar-refractivity contribution is 5.86. The van der Waals surface area contributed by atoms with E-state index >= 15 is 0 Å². The predicted molar refractivity (Wildman–Crippen MR) is 135 cm³/mol.